The summed E-state index contributed by atoms with van der Waals surface area (Å²) in [4.78, 5) is 5.22. The highest BCUT2D eigenvalue weighted by Gasteiger charge is 2.10. The molecule has 0 aliphatic rings. The zero-order valence-electron chi connectivity index (χ0n) is 11.2. The third-order valence-corrected chi connectivity index (χ3v) is 4.24. The molecule has 0 saturated carbocycles. The van der Waals surface area contributed by atoms with Gasteiger partial charge in [-0.25, -0.2) is 9.37 Å². The van der Waals surface area contributed by atoms with Gasteiger partial charge < -0.3 is 5.32 Å². The Balaban J connectivity index is 2.17. The van der Waals surface area contributed by atoms with Gasteiger partial charge in [0.25, 0.3) is 0 Å². The van der Waals surface area contributed by atoms with E-state index in [0.29, 0.717) is 12.1 Å². The number of hydrogen-bond acceptors (Lipinski definition) is 3. The van der Waals surface area contributed by atoms with Gasteiger partial charge in [-0.2, -0.15) is 0 Å². The summed E-state index contributed by atoms with van der Waals surface area (Å²) in [6.07, 6.45) is 2.78. The predicted octanol–water partition coefficient (Wildman–Crippen LogP) is 4.63. The van der Waals surface area contributed by atoms with Gasteiger partial charge in [-0.3, -0.25) is 0 Å². The van der Waals surface area contributed by atoms with Crippen LogP contribution in [0.5, 0.6) is 0 Å². The fourth-order valence-electron chi connectivity index (χ4n) is 1.73. The Morgan fingerprint density at radius 2 is 2.15 bits per heavy atom. The molecule has 1 aromatic carbocycles. The molecule has 5 heteroatoms. The predicted molar refractivity (Wildman–Crippen MR) is 84.5 cm³/mol. The van der Waals surface area contributed by atoms with Crippen LogP contribution in [0.4, 0.5) is 4.39 Å². The van der Waals surface area contributed by atoms with Crippen molar-refractivity contribution in [3.63, 3.8) is 0 Å². The first-order valence-corrected chi connectivity index (χ1v) is 8.09. The van der Waals surface area contributed by atoms with E-state index in [2.05, 4.69) is 33.2 Å². The molecule has 20 heavy (non-hydrogen) atoms. The highest BCUT2D eigenvalue weighted by molar-refractivity contribution is 9.10. The second kappa shape index (κ2) is 7.76. The molecule has 0 radical (unpaired) electrons. The lowest BCUT2D eigenvalue weighted by molar-refractivity contribution is 0.578. The topological polar surface area (TPSA) is 24.9 Å². The number of nitrogens with zero attached hydrogens (tertiary/aromatic N) is 1. The molecule has 2 rings (SSSR count). The number of hydrogen-bond donors (Lipinski definition) is 1. The summed E-state index contributed by atoms with van der Waals surface area (Å²) in [5.41, 5.74) is 0.704. The normalized spacial score (nSPS) is 10.8. The maximum absolute atomic E-state index is 14.0. The van der Waals surface area contributed by atoms with E-state index in [-0.39, 0.29) is 5.82 Å². The standard InChI is InChI=1S/C15H16BrFN2S/c1-2-8-18-10-12-13(17)4-3-5-14(12)20-15-7-6-11(16)9-19-15/h3-7,9,18H,2,8,10H2,1H3. The maximum Gasteiger partial charge on any atom is 0.128 e. The number of aromatic nitrogens is 1. The van der Waals surface area contributed by atoms with Gasteiger partial charge in [-0.05, 0) is 53.2 Å². The van der Waals surface area contributed by atoms with Crippen LogP contribution in [0.2, 0.25) is 0 Å². The zero-order valence-corrected chi connectivity index (χ0v) is 13.6. The summed E-state index contributed by atoms with van der Waals surface area (Å²) in [6, 6.07) is 9.02. The fraction of sp³-hybridized carbons (Fsp3) is 0.267. The van der Waals surface area contributed by atoms with Crippen LogP contribution in [0.15, 0.2) is 50.9 Å². The molecule has 0 atom stereocenters. The van der Waals surface area contributed by atoms with Crippen molar-refractivity contribution in [2.75, 3.05) is 6.54 Å². The Hall–Kier alpha value is -0.910. The minimum atomic E-state index is -0.171. The Bertz CT molecular complexity index is 560. The summed E-state index contributed by atoms with van der Waals surface area (Å²) < 4.78 is 14.9. The van der Waals surface area contributed by atoms with Crippen molar-refractivity contribution in [1.29, 1.82) is 0 Å². The van der Waals surface area contributed by atoms with Crippen LogP contribution in [-0.2, 0) is 6.54 Å². The van der Waals surface area contributed by atoms with E-state index < -0.39 is 0 Å². The Morgan fingerprint density at radius 3 is 2.85 bits per heavy atom. The van der Waals surface area contributed by atoms with E-state index in [1.54, 1.807) is 12.3 Å². The number of halogens is 2. The van der Waals surface area contributed by atoms with Crippen LogP contribution in [0.3, 0.4) is 0 Å². The van der Waals surface area contributed by atoms with E-state index in [1.807, 2.05) is 18.2 Å². The lowest BCUT2D eigenvalue weighted by Crippen LogP contribution is -2.15. The third-order valence-electron chi connectivity index (χ3n) is 2.72. The van der Waals surface area contributed by atoms with E-state index in [4.69, 9.17) is 0 Å². The minimum Gasteiger partial charge on any atom is -0.313 e. The monoisotopic (exact) mass is 354 g/mol. The van der Waals surface area contributed by atoms with Gasteiger partial charge in [0.15, 0.2) is 0 Å². The Kier molecular flexibility index (Phi) is 6.01. The van der Waals surface area contributed by atoms with Gasteiger partial charge >= 0.3 is 0 Å². The third kappa shape index (κ3) is 4.30. The van der Waals surface area contributed by atoms with Crippen molar-refractivity contribution in [1.82, 2.24) is 10.3 Å². The Labute approximate surface area is 131 Å². The molecule has 0 fully saturated rings. The lowest BCUT2D eigenvalue weighted by atomic mass is 10.2. The molecule has 0 bridgehead atoms. The van der Waals surface area contributed by atoms with Crippen molar-refractivity contribution in [3.05, 3.63) is 52.4 Å². The average Bonchev–Trinajstić information content (AvgIpc) is 2.44. The average molecular weight is 355 g/mol. The van der Waals surface area contributed by atoms with E-state index in [9.17, 15) is 4.39 Å². The van der Waals surface area contributed by atoms with Crippen LogP contribution in [0.25, 0.3) is 0 Å². The zero-order chi connectivity index (χ0) is 14.4. The summed E-state index contributed by atoms with van der Waals surface area (Å²) in [5, 5.41) is 4.10. The SMILES string of the molecule is CCCNCc1c(F)cccc1Sc1ccc(Br)cn1. The van der Waals surface area contributed by atoms with Gasteiger partial charge in [0.05, 0.1) is 0 Å². The maximum atomic E-state index is 14.0. The Morgan fingerprint density at radius 1 is 1.30 bits per heavy atom. The summed E-state index contributed by atoms with van der Waals surface area (Å²) in [6.45, 7) is 3.52. The number of nitrogens with one attached hydrogen (secondary N) is 1. The fourth-order valence-corrected chi connectivity index (χ4v) is 2.87. The van der Waals surface area contributed by atoms with Gasteiger partial charge in [0.2, 0.25) is 0 Å². The molecule has 0 spiro atoms. The molecule has 0 unspecified atom stereocenters. The largest absolute Gasteiger partial charge is 0.313 e. The van der Waals surface area contributed by atoms with Crippen LogP contribution < -0.4 is 5.32 Å². The molecular weight excluding hydrogens is 339 g/mol. The number of pyridine rings is 1. The molecule has 0 saturated heterocycles. The van der Waals surface area contributed by atoms with E-state index in [1.165, 1.54) is 17.8 Å². The summed E-state index contributed by atoms with van der Waals surface area (Å²) in [7, 11) is 0. The molecule has 0 aliphatic carbocycles. The van der Waals surface area contributed by atoms with Crippen LogP contribution in [0, 0.1) is 5.82 Å². The molecule has 1 N–H and O–H groups in total. The quantitative estimate of drug-likeness (QED) is 0.765. The smallest absolute Gasteiger partial charge is 0.128 e. The van der Waals surface area contributed by atoms with Gasteiger partial charge in [0, 0.05) is 27.7 Å². The second-order valence-electron chi connectivity index (χ2n) is 4.31. The molecule has 2 nitrogen and oxygen atoms in total. The molecule has 0 aliphatic heterocycles. The van der Waals surface area contributed by atoms with Gasteiger partial charge in [-0.1, -0.05) is 24.8 Å². The summed E-state index contributed by atoms with van der Waals surface area (Å²) >= 11 is 4.84. The van der Waals surface area contributed by atoms with Crippen molar-refractivity contribution in [3.8, 4) is 0 Å². The van der Waals surface area contributed by atoms with Crippen molar-refractivity contribution < 1.29 is 4.39 Å². The summed E-state index contributed by atoms with van der Waals surface area (Å²) in [5.74, 6) is -0.171. The van der Waals surface area contributed by atoms with E-state index in [0.717, 1.165) is 27.4 Å². The molecule has 2 aromatic rings. The van der Waals surface area contributed by atoms with E-state index >= 15 is 0 Å². The highest BCUT2D eigenvalue weighted by atomic mass is 79.9. The lowest BCUT2D eigenvalue weighted by Gasteiger charge is -2.10. The first kappa shape index (κ1) is 15.5. The molecule has 0 amide bonds. The number of benzene rings is 1. The van der Waals surface area contributed by atoms with Crippen molar-refractivity contribution >= 4 is 27.7 Å². The number of rotatable bonds is 6. The van der Waals surface area contributed by atoms with Crippen molar-refractivity contribution in [2.24, 2.45) is 0 Å². The minimum absolute atomic E-state index is 0.171. The highest BCUT2D eigenvalue weighted by Crippen LogP contribution is 2.30. The van der Waals surface area contributed by atoms with Crippen LogP contribution in [0.1, 0.15) is 18.9 Å². The first-order valence-electron chi connectivity index (χ1n) is 6.48. The van der Waals surface area contributed by atoms with Crippen LogP contribution in [-0.4, -0.2) is 11.5 Å². The molecule has 106 valence electrons. The van der Waals surface area contributed by atoms with Crippen LogP contribution >= 0.6 is 27.7 Å². The molecular formula is C15H16BrFN2S. The molecule has 1 aromatic heterocycles. The van der Waals surface area contributed by atoms with Crippen molar-refractivity contribution in [2.45, 2.75) is 29.8 Å². The first-order chi connectivity index (χ1) is 9.70. The second-order valence-corrected chi connectivity index (χ2v) is 6.29. The van der Waals surface area contributed by atoms with Gasteiger partial charge in [-0.15, -0.1) is 0 Å². The molecule has 1 heterocycles. The van der Waals surface area contributed by atoms with Gasteiger partial charge in [0.1, 0.15) is 10.8 Å².